The Labute approximate surface area is 159 Å². The van der Waals surface area contributed by atoms with Crippen LogP contribution in [0.2, 0.25) is 0 Å². The number of nitrogens with one attached hydrogen (secondary N) is 1. The van der Waals surface area contributed by atoms with E-state index in [0.29, 0.717) is 17.2 Å². The zero-order valence-electron chi connectivity index (χ0n) is 15.6. The second kappa shape index (κ2) is 9.23. The average molecular weight is 389 g/mol. The molecule has 0 fully saturated rings. The molecule has 1 N–H and O–H groups in total. The van der Waals surface area contributed by atoms with Gasteiger partial charge >= 0.3 is 0 Å². The molecule has 0 aliphatic heterocycles. The molecule has 2 aromatic carbocycles. The number of carbonyl (C=O) groups is 1. The largest absolute Gasteiger partial charge is 0.493 e. The number of allylic oxidation sites excluding steroid dienone is 1. The molecular weight excluding hydrogens is 366 g/mol. The minimum absolute atomic E-state index is 0.0290. The smallest absolute Gasteiger partial charge is 0.262 e. The molecule has 0 heterocycles. The summed E-state index contributed by atoms with van der Waals surface area (Å²) in [6.45, 7) is 3.31. The highest BCUT2D eigenvalue weighted by molar-refractivity contribution is 7.91. The van der Waals surface area contributed by atoms with Crippen molar-refractivity contribution in [1.82, 2.24) is 0 Å². The highest BCUT2D eigenvalue weighted by Crippen LogP contribution is 2.28. The summed E-state index contributed by atoms with van der Waals surface area (Å²) in [5, 5.41) is 2.67. The van der Waals surface area contributed by atoms with Gasteiger partial charge in [0.05, 0.1) is 17.8 Å². The monoisotopic (exact) mass is 389 g/mol. The van der Waals surface area contributed by atoms with E-state index >= 15 is 0 Å². The van der Waals surface area contributed by atoms with Crippen molar-refractivity contribution in [3.05, 3.63) is 54.1 Å². The maximum atomic E-state index is 12.1. The summed E-state index contributed by atoms with van der Waals surface area (Å²) >= 11 is 0. The maximum absolute atomic E-state index is 12.1. The molecule has 0 bridgehead atoms. The molecule has 6 nitrogen and oxygen atoms in total. The number of methoxy groups -OCH3 is 1. The van der Waals surface area contributed by atoms with Crippen molar-refractivity contribution < 1.29 is 22.7 Å². The third kappa shape index (κ3) is 5.59. The first-order valence-corrected chi connectivity index (χ1v) is 10.1. The molecule has 0 atom stereocenters. The van der Waals surface area contributed by atoms with Gasteiger partial charge in [-0.1, -0.05) is 25.1 Å². The fourth-order valence-corrected chi connectivity index (χ4v) is 3.24. The van der Waals surface area contributed by atoms with Gasteiger partial charge in [0, 0.05) is 5.69 Å². The van der Waals surface area contributed by atoms with Gasteiger partial charge in [-0.15, -0.1) is 0 Å². The molecule has 144 valence electrons. The molecule has 0 radical (unpaired) electrons. The predicted octanol–water partition coefficient (Wildman–Crippen LogP) is 3.54. The fourth-order valence-electron chi connectivity index (χ4n) is 2.35. The van der Waals surface area contributed by atoms with E-state index in [1.807, 2.05) is 31.2 Å². The number of amides is 1. The van der Waals surface area contributed by atoms with Crippen LogP contribution in [0.3, 0.4) is 0 Å². The quantitative estimate of drug-likeness (QED) is 0.747. The van der Waals surface area contributed by atoms with E-state index < -0.39 is 9.84 Å². The summed E-state index contributed by atoms with van der Waals surface area (Å²) in [6, 6.07) is 11.5. The molecule has 0 unspecified atom stereocenters. The van der Waals surface area contributed by atoms with Crippen LogP contribution in [0.25, 0.3) is 6.08 Å². The minimum Gasteiger partial charge on any atom is -0.493 e. The van der Waals surface area contributed by atoms with Crippen molar-refractivity contribution in [3.63, 3.8) is 0 Å². The molecule has 0 saturated heterocycles. The Hall–Kier alpha value is -2.80. The van der Waals surface area contributed by atoms with Crippen LogP contribution in [-0.4, -0.2) is 33.8 Å². The second-order valence-corrected chi connectivity index (χ2v) is 7.95. The molecule has 0 aliphatic carbocycles. The normalized spacial score (nSPS) is 11.4. The molecule has 2 rings (SSSR count). The summed E-state index contributed by atoms with van der Waals surface area (Å²) in [6.07, 6.45) is 3.85. The zero-order valence-corrected chi connectivity index (χ0v) is 16.4. The molecule has 0 saturated carbocycles. The number of hydrogen-bond acceptors (Lipinski definition) is 5. The maximum Gasteiger partial charge on any atom is 0.262 e. The number of hydrogen-bond donors (Lipinski definition) is 1. The zero-order chi connectivity index (χ0) is 19.9. The molecular formula is C20H23NO5S. The third-order valence-corrected chi connectivity index (χ3v) is 5.53. The van der Waals surface area contributed by atoms with Crippen LogP contribution in [-0.2, 0) is 14.6 Å². The Bertz CT molecular complexity index is 918. The van der Waals surface area contributed by atoms with E-state index in [9.17, 15) is 13.2 Å². The van der Waals surface area contributed by atoms with E-state index in [4.69, 9.17) is 9.47 Å². The molecule has 0 aliphatic rings. The minimum atomic E-state index is -3.26. The van der Waals surface area contributed by atoms with Crippen LogP contribution in [0.4, 0.5) is 5.69 Å². The number of rotatable bonds is 8. The van der Waals surface area contributed by atoms with Crippen molar-refractivity contribution in [2.45, 2.75) is 18.7 Å². The third-order valence-electron chi connectivity index (χ3n) is 3.78. The van der Waals surface area contributed by atoms with Gasteiger partial charge in [-0.2, -0.15) is 0 Å². The number of ether oxygens (including phenoxy) is 2. The van der Waals surface area contributed by atoms with Crippen LogP contribution >= 0.6 is 0 Å². The van der Waals surface area contributed by atoms with Gasteiger partial charge in [0.15, 0.2) is 27.9 Å². The number of sulfone groups is 1. The van der Waals surface area contributed by atoms with Crippen molar-refractivity contribution in [2.24, 2.45) is 0 Å². The molecule has 2 aromatic rings. The molecule has 0 aromatic heterocycles. The first-order chi connectivity index (χ1) is 12.9. The van der Waals surface area contributed by atoms with Gasteiger partial charge in [0.25, 0.3) is 5.91 Å². The van der Waals surface area contributed by atoms with Crippen LogP contribution < -0.4 is 14.8 Å². The van der Waals surface area contributed by atoms with E-state index in [0.717, 1.165) is 5.56 Å². The van der Waals surface area contributed by atoms with Gasteiger partial charge in [0.2, 0.25) is 0 Å². The summed E-state index contributed by atoms with van der Waals surface area (Å²) in [5.74, 6) is 0.666. The molecule has 7 heteroatoms. The first-order valence-electron chi connectivity index (χ1n) is 8.45. The second-order valence-electron chi connectivity index (χ2n) is 5.67. The summed E-state index contributed by atoms with van der Waals surface area (Å²) in [4.78, 5) is 12.3. The van der Waals surface area contributed by atoms with E-state index in [-0.39, 0.29) is 23.2 Å². The Morgan fingerprint density at radius 2 is 1.81 bits per heavy atom. The topological polar surface area (TPSA) is 81.7 Å². The molecule has 0 spiro atoms. The Morgan fingerprint density at radius 3 is 2.41 bits per heavy atom. The lowest BCUT2D eigenvalue weighted by Gasteiger charge is -2.12. The summed E-state index contributed by atoms with van der Waals surface area (Å²) in [7, 11) is -1.73. The molecule has 27 heavy (non-hydrogen) atoms. The highest BCUT2D eigenvalue weighted by Gasteiger charge is 2.12. The van der Waals surface area contributed by atoms with E-state index in [2.05, 4.69) is 5.32 Å². The Kier molecular flexibility index (Phi) is 7.01. The van der Waals surface area contributed by atoms with Crippen LogP contribution in [0.5, 0.6) is 11.5 Å². The average Bonchev–Trinajstić information content (AvgIpc) is 2.67. The number of carbonyl (C=O) groups excluding carboxylic acids is 1. The lowest BCUT2D eigenvalue weighted by atomic mass is 10.2. The van der Waals surface area contributed by atoms with Gasteiger partial charge in [0.1, 0.15) is 0 Å². The predicted molar refractivity (Wildman–Crippen MR) is 106 cm³/mol. The van der Waals surface area contributed by atoms with Gasteiger partial charge in [-0.05, 0) is 48.9 Å². The lowest BCUT2D eigenvalue weighted by molar-refractivity contribution is -0.118. The lowest BCUT2D eigenvalue weighted by Crippen LogP contribution is -2.20. The van der Waals surface area contributed by atoms with Gasteiger partial charge in [-0.25, -0.2) is 8.42 Å². The first kappa shape index (κ1) is 20.5. The van der Waals surface area contributed by atoms with Gasteiger partial charge < -0.3 is 14.8 Å². The standard InChI is InChI=1S/C20H23NO5S/c1-4-6-15-7-12-18(19(13-15)25-3)26-14-20(22)21-16-8-10-17(11-9-16)27(23,24)5-2/h4,6-13H,5,14H2,1-3H3,(H,21,22)/b6-4+. The van der Waals surface area contributed by atoms with Crippen molar-refractivity contribution >= 4 is 27.5 Å². The highest BCUT2D eigenvalue weighted by atomic mass is 32.2. The van der Waals surface area contributed by atoms with Crippen LogP contribution in [0, 0.1) is 0 Å². The number of benzene rings is 2. The van der Waals surface area contributed by atoms with Crippen LogP contribution in [0.15, 0.2) is 53.4 Å². The van der Waals surface area contributed by atoms with Crippen molar-refractivity contribution in [3.8, 4) is 11.5 Å². The Morgan fingerprint density at radius 1 is 1.11 bits per heavy atom. The fraction of sp³-hybridized carbons (Fsp3) is 0.250. The summed E-state index contributed by atoms with van der Waals surface area (Å²) in [5.41, 5.74) is 1.46. The number of anilines is 1. The van der Waals surface area contributed by atoms with Crippen molar-refractivity contribution in [2.75, 3.05) is 24.8 Å². The van der Waals surface area contributed by atoms with E-state index in [1.54, 1.807) is 25.1 Å². The van der Waals surface area contributed by atoms with Gasteiger partial charge in [-0.3, -0.25) is 4.79 Å². The van der Waals surface area contributed by atoms with Crippen LogP contribution in [0.1, 0.15) is 19.4 Å². The Balaban J connectivity index is 1.98. The van der Waals surface area contributed by atoms with Crippen molar-refractivity contribution in [1.29, 1.82) is 0 Å². The SMILES string of the molecule is C/C=C/c1ccc(OCC(=O)Nc2ccc(S(=O)(=O)CC)cc2)c(OC)c1. The molecule has 1 amide bonds. The van der Waals surface area contributed by atoms with E-state index in [1.165, 1.54) is 19.2 Å². The summed E-state index contributed by atoms with van der Waals surface area (Å²) < 4.78 is 34.4.